The third kappa shape index (κ3) is 4.30. The first kappa shape index (κ1) is 20.0. The number of hydrogen-bond acceptors (Lipinski definition) is 7. The number of pyridine rings is 1. The van der Waals surface area contributed by atoms with Crippen LogP contribution in [0.3, 0.4) is 0 Å². The second-order valence-corrected chi connectivity index (χ2v) is 7.42. The molecule has 0 radical (unpaired) electrons. The number of ether oxygens (including phenoxy) is 2. The molecule has 0 spiro atoms. The Balaban J connectivity index is 1.60. The number of carbonyl (C=O) groups excluding carboxylic acids is 2. The zero-order valence-corrected chi connectivity index (χ0v) is 17.0. The summed E-state index contributed by atoms with van der Waals surface area (Å²) in [5.74, 6) is 0.986. The lowest BCUT2D eigenvalue weighted by molar-refractivity contribution is 0.0608. The van der Waals surface area contributed by atoms with Crippen molar-refractivity contribution in [3.8, 4) is 0 Å². The fourth-order valence-corrected chi connectivity index (χ4v) is 3.73. The van der Waals surface area contributed by atoms with Gasteiger partial charge in [-0.05, 0) is 42.7 Å². The van der Waals surface area contributed by atoms with E-state index in [1.165, 1.54) is 7.11 Å². The number of rotatable bonds is 5. The van der Waals surface area contributed by atoms with Crippen LogP contribution in [-0.4, -0.2) is 49.4 Å². The van der Waals surface area contributed by atoms with E-state index >= 15 is 0 Å². The summed E-state index contributed by atoms with van der Waals surface area (Å²) in [6.07, 6.45) is 0.196. The van der Waals surface area contributed by atoms with Crippen molar-refractivity contribution in [2.24, 2.45) is 0 Å². The third-order valence-corrected chi connectivity index (χ3v) is 5.23. The Morgan fingerprint density at radius 2 is 2.17 bits per heavy atom. The first-order chi connectivity index (χ1) is 14.5. The minimum absolute atomic E-state index is 0.0831. The van der Waals surface area contributed by atoms with E-state index in [1.54, 1.807) is 0 Å². The number of anilines is 3. The monoisotopic (exact) mass is 411 g/mol. The normalized spacial score (nSPS) is 20.1. The topological polar surface area (TPSA) is 114 Å². The van der Waals surface area contributed by atoms with Gasteiger partial charge in [0.15, 0.2) is 0 Å². The van der Waals surface area contributed by atoms with Crippen molar-refractivity contribution >= 4 is 29.3 Å². The van der Waals surface area contributed by atoms with Crippen LogP contribution in [0.25, 0.3) is 0 Å². The zero-order valence-electron chi connectivity index (χ0n) is 17.0. The Bertz CT molecular complexity index is 964. The fraction of sp³-hybridized carbons (Fsp3) is 0.381. The lowest BCUT2D eigenvalue weighted by atomic mass is 10.0. The maximum Gasteiger partial charge on any atom is 0.407 e. The molecule has 0 bridgehead atoms. The molecule has 2 aliphatic rings. The van der Waals surface area contributed by atoms with Crippen LogP contribution in [-0.2, 0) is 16.0 Å². The number of aromatic nitrogens is 1. The number of benzene rings is 1. The van der Waals surface area contributed by atoms with E-state index in [1.807, 2.05) is 37.3 Å². The summed E-state index contributed by atoms with van der Waals surface area (Å²) in [5, 5.41) is 12.3. The average Bonchev–Trinajstić information content (AvgIpc) is 3.10. The molecule has 2 atom stereocenters. The van der Waals surface area contributed by atoms with Gasteiger partial charge in [0.05, 0.1) is 31.4 Å². The lowest BCUT2D eigenvalue weighted by Gasteiger charge is -2.32. The third-order valence-electron chi connectivity index (χ3n) is 5.23. The van der Waals surface area contributed by atoms with Gasteiger partial charge in [0.2, 0.25) is 0 Å². The van der Waals surface area contributed by atoms with Gasteiger partial charge in [-0.2, -0.15) is 0 Å². The minimum atomic E-state index is -0.504. The predicted molar refractivity (Wildman–Crippen MR) is 112 cm³/mol. The quantitative estimate of drug-likeness (QED) is 0.597. The highest BCUT2D eigenvalue weighted by Crippen LogP contribution is 2.29. The Morgan fingerprint density at radius 3 is 2.97 bits per heavy atom. The molecule has 4 N–H and O–H groups in total. The van der Waals surface area contributed by atoms with Crippen molar-refractivity contribution in [2.45, 2.75) is 32.0 Å². The summed E-state index contributed by atoms with van der Waals surface area (Å²) in [7, 11) is 1.33. The molecule has 0 aliphatic carbocycles. The summed E-state index contributed by atoms with van der Waals surface area (Å²) in [6.45, 7) is 3.42. The van der Waals surface area contributed by atoms with E-state index in [4.69, 9.17) is 9.47 Å². The molecule has 9 heteroatoms. The first-order valence-corrected chi connectivity index (χ1v) is 9.88. The number of methoxy groups -OCH3 is 1. The van der Waals surface area contributed by atoms with Gasteiger partial charge in [-0.15, -0.1) is 0 Å². The largest absolute Gasteiger partial charge is 0.453 e. The standard InChI is InChI=1S/C21H25N5O4/c1-12-4-3-5-14(8-12)23-19-18-13(10-22-20(18)27)9-17(26-19)24-15-6-7-30-11-16(15)25-21(28)29-2/h3-5,8-9,15-16H,6-7,10-11H2,1-2H3,(H,22,27)(H,25,28)(H2,23,24,26)/t15-,16+/m1/s1. The van der Waals surface area contributed by atoms with Crippen LogP contribution >= 0.6 is 0 Å². The Kier molecular flexibility index (Phi) is 5.71. The Labute approximate surface area is 174 Å². The van der Waals surface area contributed by atoms with Crippen molar-refractivity contribution < 1.29 is 19.1 Å². The molecule has 0 saturated carbocycles. The van der Waals surface area contributed by atoms with Crippen molar-refractivity contribution in [2.75, 3.05) is 31.0 Å². The van der Waals surface area contributed by atoms with Crippen molar-refractivity contribution in [3.63, 3.8) is 0 Å². The summed E-state index contributed by atoms with van der Waals surface area (Å²) in [5.41, 5.74) is 3.39. The van der Waals surface area contributed by atoms with Crippen LogP contribution < -0.4 is 21.3 Å². The zero-order chi connectivity index (χ0) is 21.1. The summed E-state index contributed by atoms with van der Waals surface area (Å²) < 4.78 is 10.2. The number of amides is 2. The molecule has 1 saturated heterocycles. The number of fused-ring (bicyclic) bond motifs is 1. The van der Waals surface area contributed by atoms with Crippen LogP contribution in [0.15, 0.2) is 30.3 Å². The lowest BCUT2D eigenvalue weighted by Crippen LogP contribution is -2.52. The van der Waals surface area contributed by atoms with E-state index in [0.29, 0.717) is 43.4 Å². The van der Waals surface area contributed by atoms with E-state index < -0.39 is 6.09 Å². The van der Waals surface area contributed by atoms with Crippen LogP contribution in [0.2, 0.25) is 0 Å². The van der Waals surface area contributed by atoms with Gasteiger partial charge in [0.25, 0.3) is 5.91 Å². The molecule has 1 fully saturated rings. The summed E-state index contributed by atoms with van der Waals surface area (Å²) >= 11 is 0. The van der Waals surface area contributed by atoms with Crippen LogP contribution in [0.1, 0.15) is 27.9 Å². The molecule has 2 amide bonds. The smallest absolute Gasteiger partial charge is 0.407 e. The van der Waals surface area contributed by atoms with Gasteiger partial charge in [-0.1, -0.05) is 12.1 Å². The Hall–Kier alpha value is -3.33. The predicted octanol–water partition coefficient (Wildman–Crippen LogP) is 2.30. The molecule has 2 aromatic rings. The molecule has 1 aromatic carbocycles. The highest BCUT2D eigenvalue weighted by molar-refractivity contribution is 6.03. The number of carbonyl (C=O) groups is 2. The second-order valence-electron chi connectivity index (χ2n) is 7.42. The van der Waals surface area contributed by atoms with Crippen molar-refractivity contribution in [1.82, 2.24) is 15.6 Å². The van der Waals surface area contributed by atoms with Gasteiger partial charge in [0.1, 0.15) is 11.6 Å². The summed E-state index contributed by atoms with van der Waals surface area (Å²) in [6, 6.07) is 9.42. The maximum atomic E-state index is 12.4. The highest BCUT2D eigenvalue weighted by atomic mass is 16.5. The molecule has 158 valence electrons. The SMILES string of the molecule is COC(=O)N[C@H]1COCC[C@H]1Nc1cc2c(c(Nc3cccc(C)c3)n1)C(=O)NC2. The molecule has 4 rings (SSSR count). The molecule has 30 heavy (non-hydrogen) atoms. The summed E-state index contributed by atoms with van der Waals surface area (Å²) in [4.78, 5) is 28.7. The maximum absolute atomic E-state index is 12.4. The molecule has 3 heterocycles. The number of aryl methyl sites for hydroxylation is 1. The van der Waals surface area contributed by atoms with E-state index in [-0.39, 0.29) is 18.0 Å². The number of nitrogens with one attached hydrogen (secondary N) is 4. The van der Waals surface area contributed by atoms with Gasteiger partial charge < -0.3 is 30.7 Å². The average molecular weight is 411 g/mol. The number of alkyl carbamates (subject to hydrolysis) is 1. The van der Waals surface area contributed by atoms with E-state index in [2.05, 4.69) is 26.3 Å². The van der Waals surface area contributed by atoms with Crippen molar-refractivity contribution in [1.29, 1.82) is 0 Å². The molecule has 9 nitrogen and oxygen atoms in total. The van der Waals surface area contributed by atoms with E-state index in [9.17, 15) is 9.59 Å². The molecular weight excluding hydrogens is 386 g/mol. The van der Waals surface area contributed by atoms with Gasteiger partial charge >= 0.3 is 6.09 Å². The van der Waals surface area contributed by atoms with Gasteiger partial charge in [-0.25, -0.2) is 9.78 Å². The number of nitrogens with zero attached hydrogens (tertiary/aromatic N) is 1. The molecule has 2 aliphatic heterocycles. The Morgan fingerprint density at radius 1 is 1.30 bits per heavy atom. The molecule has 0 unspecified atom stereocenters. The van der Waals surface area contributed by atoms with Crippen LogP contribution in [0, 0.1) is 6.92 Å². The first-order valence-electron chi connectivity index (χ1n) is 9.88. The van der Waals surface area contributed by atoms with Gasteiger partial charge in [0, 0.05) is 18.8 Å². The minimum Gasteiger partial charge on any atom is -0.453 e. The van der Waals surface area contributed by atoms with Crippen molar-refractivity contribution in [3.05, 3.63) is 47.0 Å². The highest BCUT2D eigenvalue weighted by Gasteiger charge is 2.30. The second kappa shape index (κ2) is 8.58. The van der Waals surface area contributed by atoms with Crippen LogP contribution in [0.4, 0.5) is 22.1 Å². The number of hydrogen-bond donors (Lipinski definition) is 4. The molecular formula is C21H25N5O4. The van der Waals surface area contributed by atoms with E-state index in [0.717, 1.165) is 16.8 Å². The molecule has 1 aromatic heterocycles. The van der Waals surface area contributed by atoms with Crippen LogP contribution in [0.5, 0.6) is 0 Å². The fourth-order valence-electron chi connectivity index (χ4n) is 3.73. The van der Waals surface area contributed by atoms with Gasteiger partial charge in [-0.3, -0.25) is 4.79 Å².